The van der Waals surface area contributed by atoms with E-state index in [1.165, 1.54) is 11.1 Å². The van der Waals surface area contributed by atoms with Crippen LogP contribution in [-0.2, 0) is 9.59 Å². The molecule has 2 N–H and O–H groups in total. The summed E-state index contributed by atoms with van der Waals surface area (Å²) in [5.74, 6) is 0. The summed E-state index contributed by atoms with van der Waals surface area (Å²) in [5, 5.41) is 0. The lowest BCUT2D eigenvalue weighted by atomic mass is 10.8. The number of primary amides is 1. The molecule has 0 rings (SSSR count). The smallest absolute Gasteiger partial charge is 0.213 e. The second-order valence-electron chi connectivity index (χ2n) is 1.09. The lowest BCUT2D eigenvalue weighted by Gasteiger charge is -1.96. The molecule has 0 saturated carbocycles. The van der Waals surface area contributed by atoms with E-state index >= 15 is 0 Å². The first-order chi connectivity index (χ1) is 4.22. The summed E-state index contributed by atoms with van der Waals surface area (Å²) in [5.41, 5.74) is 4.17. The van der Waals surface area contributed by atoms with Crippen LogP contribution in [0.15, 0.2) is 12.8 Å². The Morgan fingerprint density at radius 3 is 1.89 bits per heavy atom. The molecule has 4 nitrogen and oxygen atoms in total. The second kappa shape index (κ2) is 9.84. The van der Waals surface area contributed by atoms with E-state index in [1.807, 2.05) is 0 Å². The molecule has 0 fully saturated rings. The topological polar surface area (TPSA) is 63.4 Å². The van der Waals surface area contributed by atoms with E-state index in [2.05, 4.69) is 12.3 Å². The van der Waals surface area contributed by atoms with Crippen molar-refractivity contribution in [2.24, 2.45) is 5.73 Å². The molecule has 0 radical (unpaired) electrons. The summed E-state index contributed by atoms with van der Waals surface area (Å²) >= 11 is 0. The number of amides is 2. The Hall–Kier alpha value is -1.32. The van der Waals surface area contributed by atoms with E-state index in [-0.39, 0.29) is 6.41 Å². The van der Waals surface area contributed by atoms with Crippen molar-refractivity contribution in [2.45, 2.75) is 0 Å². The van der Waals surface area contributed by atoms with E-state index in [4.69, 9.17) is 4.79 Å². The fraction of sp³-hybridized carbons (Fsp3) is 0.200. The largest absolute Gasteiger partial charge is 0.372 e. The first kappa shape index (κ1) is 10.6. The number of nitrogens with two attached hydrogens (primary N) is 1. The van der Waals surface area contributed by atoms with Gasteiger partial charge in [-0.25, -0.2) is 0 Å². The summed E-state index contributed by atoms with van der Waals surface area (Å²) in [6, 6.07) is 0. The van der Waals surface area contributed by atoms with Gasteiger partial charge in [-0.1, -0.05) is 6.58 Å². The lowest BCUT2D eigenvalue weighted by Crippen LogP contribution is -2.04. The average Bonchev–Trinajstić information content (AvgIpc) is 1.88. The number of carbonyl (C=O) groups is 2. The maximum absolute atomic E-state index is 9.59. The predicted octanol–water partition coefficient (Wildman–Crippen LogP) is -0.680. The summed E-state index contributed by atoms with van der Waals surface area (Å²) in [6.45, 7) is 3.33. The van der Waals surface area contributed by atoms with Gasteiger partial charge in [-0.15, -0.1) is 0 Å². The first-order valence-electron chi connectivity index (χ1n) is 2.18. The quantitative estimate of drug-likeness (QED) is 0.503. The minimum atomic E-state index is 0.250. The standard InChI is InChI=1S/C4H7NO.CH3NO/c1-3-5(2)4-6;2-1-3/h3-4H,1H2,2H3;1H,(H2,2,3). The molecule has 0 atom stereocenters. The molecular formula is C5H10N2O2. The van der Waals surface area contributed by atoms with Crippen LogP contribution >= 0.6 is 0 Å². The zero-order valence-electron chi connectivity index (χ0n) is 5.28. The molecule has 0 saturated heterocycles. The van der Waals surface area contributed by atoms with Crippen LogP contribution in [0.3, 0.4) is 0 Å². The molecule has 0 aromatic heterocycles. The van der Waals surface area contributed by atoms with Gasteiger partial charge in [-0.2, -0.15) is 0 Å². The summed E-state index contributed by atoms with van der Waals surface area (Å²) in [4.78, 5) is 19.5. The molecule has 0 aromatic carbocycles. The maximum atomic E-state index is 9.59. The molecule has 0 aliphatic rings. The van der Waals surface area contributed by atoms with E-state index in [0.29, 0.717) is 6.41 Å². The van der Waals surface area contributed by atoms with Crippen molar-refractivity contribution < 1.29 is 9.59 Å². The fourth-order valence-corrected chi connectivity index (χ4v) is 0.0430. The molecule has 0 bridgehead atoms. The van der Waals surface area contributed by atoms with Gasteiger partial charge >= 0.3 is 0 Å². The SMILES string of the molecule is C=CN(C)C=O.NC=O. The zero-order chi connectivity index (χ0) is 7.70. The molecule has 0 unspecified atom stereocenters. The van der Waals surface area contributed by atoms with Gasteiger partial charge in [-0.3, -0.25) is 9.59 Å². The van der Waals surface area contributed by atoms with Crippen molar-refractivity contribution in [1.29, 1.82) is 0 Å². The molecule has 0 spiro atoms. The van der Waals surface area contributed by atoms with Crippen LogP contribution in [0.2, 0.25) is 0 Å². The van der Waals surface area contributed by atoms with Gasteiger partial charge in [0.15, 0.2) is 0 Å². The Morgan fingerprint density at radius 1 is 1.56 bits per heavy atom. The molecule has 0 aromatic rings. The minimum absolute atomic E-state index is 0.250. The summed E-state index contributed by atoms with van der Waals surface area (Å²) in [6.07, 6.45) is 2.38. The van der Waals surface area contributed by atoms with Crippen molar-refractivity contribution in [1.82, 2.24) is 4.90 Å². The number of hydrogen-bond donors (Lipinski definition) is 1. The van der Waals surface area contributed by atoms with Gasteiger partial charge in [0.25, 0.3) is 0 Å². The summed E-state index contributed by atoms with van der Waals surface area (Å²) in [7, 11) is 1.62. The molecule has 4 heteroatoms. The van der Waals surface area contributed by atoms with Gasteiger partial charge in [-0.05, 0) is 6.20 Å². The van der Waals surface area contributed by atoms with Gasteiger partial charge < -0.3 is 10.6 Å². The van der Waals surface area contributed by atoms with E-state index < -0.39 is 0 Å². The van der Waals surface area contributed by atoms with Gasteiger partial charge in [0, 0.05) is 7.05 Å². The zero-order valence-corrected chi connectivity index (χ0v) is 5.28. The molecule has 0 aliphatic heterocycles. The Labute approximate surface area is 53.9 Å². The molecule has 52 valence electrons. The number of carbonyl (C=O) groups excluding carboxylic acids is 2. The van der Waals surface area contributed by atoms with Crippen LogP contribution in [0.25, 0.3) is 0 Å². The van der Waals surface area contributed by atoms with Crippen molar-refractivity contribution in [3.05, 3.63) is 12.8 Å². The third-order valence-corrected chi connectivity index (χ3v) is 0.454. The number of nitrogens with zero attached hydrogens (tertiary/aromatic N) is 1. The van der Waals surface area contributed by atoms with E-state index in [1.54, 1.807) is 7.05 Å². The average molecular weight is 130 g/mol. The monoisotopic (exact) mass is 130 g/mol. The van der Waals surface area contributed by atoms with Crippen LogP contribution in [0.5, 0.6) is 0 Å². The maximum Gasteiger partial charge on any atom is 0.213 e. The molecule has 0 heterocycles. The highest BCUT2D eigenvalue weighted by Gasteiger charge is 1.73. The second-order valence-corrected chi connectivity index (χ2v) is 1.09. The van der Waals surface area contributed by atoms with Crippen molar-refractivity contribution in [2.75, 3.05) is 7.05 Å². The van der Waals surface area contributed by atoms with Crippen LogP contribution < -0.4 is 5.73 Å². The van der Waals surface area contributed by atoms with Gasteiger partial charge in [0.05, 0.1) is 0 Å². The van der Waals surface area contributed by atoms with Crippen LogP contribution in [0.4, 0.5) is 0 Å². The van der Waals surface area contributed by atoms with Crippen LogP contribution in [0.1, 0.15) is 0 Å². The highest BCUT2D eigenvalue weighted by atomic mass is 16.1. The van der Waals surface area contributed by atoms with Crippen molar-refractivity contribution in [3.8, 4) is 0 Å². The Kier molecular flexibility index (Phi) is 11.6. The molecule has 2 amide bonds. The Balaban J connectivity index is 0. The van der Waals surface area contributed by atoms with Crippen molar-refractivity contribution in [3.63, 3.8) is 0 Å². The lowest BCUT2D eigenvalue weighted by molar-refractivity contribution is -0.115. The highest BCUT2D eigenvalue weighted by Crippen LogP contribution is 1.67. The highest BCUT2D eigenvalue weighted by molar-refractivity contribution is 5.47. The van der Waals surface area contributed by atoms with Gasteiger partial charge in [0.1, 0.15) is 0 Å². The normalized spacial score (nSPS) is 5.89. The first-order valence-corrected chi connectivity index (χ1v) is 2.18. The molecule has 0 aliphatic carbocycles. The summed E-state index contributed by atoms with van der Waals surface area (Å²) < 4.78 is 0. The predicted molar refractivity (Wildman–Crippen MR) is 34.3 cm³/mol. The Morgan fingerprint density at radius 2 is 1.89 bits per heavy atom. The molecular weight excluding hydrogens is 120 g/mol. The number of hydrogen-bond acceptors (Lipinski definition) is 2. The van der Waals surface area contributed by atoms with Gasteiger partial charge in [0.2, 0.25) is 12.8 Å². The Bertz CT molecular complexity index is 85.0. The number of rotatable bonds is 2. The van der Waals surface area contributed by atoms with E-state index in [0.717, 1.165) is 0 Å². The van der Waals surface area contributed by atoms with Crippen LogP contribution in [0, 0.1) is 0 Å². The molecule has 9 heavy (non-hydrogen) atoms. The minimum Gasteiger partial charge on any atom is -0.372 e. The third kappa shape index (κ3) is 20.4. The van der Waals surface area contributed by atoms with Crippen molar-refractivity contribution >= 4 is 12.8 Å². The van der Waals surface area contributed by atoms with Crippen LogP contribution in [-0.4, -0.2) is 24.8 Å². The third-order valence-electron chi connectivity index (χ3n) is 0.454. The van der Waals surface area contributed by atoms with E-state index in [9.17, 15) is 4.79 Å². The fourth-order valence-electron chi connectivity index (χ4n) is 0.0430.